The molecule has 0 aliphatic carbocycles. The maximum absolute atomic E-state index is 13.0. The SMILES string of the molecule is C[C@@H](C(N)=O)N1CCCc2c(NC(=O)c3ccc(F)cc3)cccc21. The molecule has 130 valence electrons. The molecule has 0 fully saturated rings. The van der Waals surface area contributed by atoms with Gasteiger partial charge in [-0.3, -0.25) is 9.59 Å². The summed E-state index contributed by atoms with van der Waals surface area (Å²) in [6.07, 6.45) is 1.67. The first-order valence-corrected chi connectivity index (χ1v) is 8.22. The number of nitrogens with one attached hydrogen (secondary N) is 1. The van der Waals surface area contributed by atoms with Gasteiger partial charge in [-0.2, -0.15) is 0 Å². The van der Waals surface area contributed by atoms with Crippen molar-refractivity contribution in [1.82, 2.24) is 0 Å². The third kappa shape index (κ3) is 3.47. The van der Waals surface area contributed by atoms with Gasteiger partial charge in [0.1, 0.15) is 11.9 Å². The number of primary amides is 1. The molecule has 3 N–H and O–H groups in total. The smallest absolute Gasteiger partial charge is 0.255 e. The summed E-state index contributed by atoms with van der Waals surface area (Å²) in [6, 6.07) is 10.6. The molecule has 1 atom stereocenters. The highest BCUT2D eigenvalue weighted by atomic mass is 19.1. The van der Waals surface area contributed by atoms with E-state index in [0.717, 1.165) is 30.6 Å². The van der Waals surface area contributed by atoms with E-state index in [-0.39, 0.29) is 17.6 Å². The van der Waals surface area contributed by atoms with Crippen LogP contribution in [0.1, 0.15) is 29.3 Å². The summed E-state index contributed by atoms with van der Waals surface area (Å²) < 4.78 is 13.0. The normalized spacial score (nSPS) is 14.6. The van der Waals surface area contributed by atoms with Gasteiger partial charge in [0.2, 0.25) is 5.91 Å². The first-order chi connectivity index (χ1) is 12.0. The van der Waals surface area contributed by atoms with Gasteiger partial charge in [0.25, 0.3) is 5.91 Å². The highest BCUT2D eigenvalue weighted by Gasteiger charge is 2.26. The Morgan fingerprint density at radius 2 is 1.92 bits per heavy atom. The maximum atomic E-state index is 13.0. The lowest BCUT2D eigenvalue weighted by molar-refractivity contribution is -0.119. The van der Waals surface area contributed by atoms with Crippen molar-refractivity contribution in [3.63, 3.8) is 0 Å². The number of carbonyl (C=O) groups excluding carboxylic acids is 2. The predicted octanol–water partition coefficient (Wildman–Crippen LogP) is 2.70. The van der Waals surface area contributed by atoms with Gasteiger partial charge in [-0.15, -0.1) is 0 Å². The standard InChI is InChI=1S/C19H20FN3O2/c1-12(18(21)24)23-11-3-4-15-16(5-2-6-17(15)23)22-19(25)13-7-9-14(20)10-8-13/h2,5-10,12H,3-4,11H2,1H3,(H2,21,24)(H,22,25)/t12-/m0/s1. The summed E-state index contributed by atoms with van der Waals surface area (Å²) in [5.41, 5.74) is 8.43. The zero-order valence-electron chi connectivity index (χ0n) is 14.0. The Labute approximate surface area is 145 Å². The fourth-order valence-electron chi connectivity index (χ4n) is 3.12. The molecule has 0 spiro atoms. The van der Waals surface area contributed by atoms with Crippen LogP contribution in [0, 0.1) is 5.82 Å². The second-order valence-electron chi connectivity index (χ2n) is 6.14. The number of hydrogen-bond donors (Lipinski definition) is 2. The van der Waals surface area contributed by atoms with E-state index in [4.69, 9.17) is 5.73 Å². The minimum Gasteiger partial charge on any atom is -0.368 e. The summed E-state index contributed by atoms with van der Waals surface area (Å²) >= 11 is 0. The Bertz CT molecular complexity index is 805. The first-order valence-electron chi connectivity index (χ1n) is 8.22. The molecular weight excluding hydrogens is 321 g/mol. The Morgan fingerprint density at radius 1 is 1.20 bits per heavy atom. The second-order valence-corrected chi connectivity index (χ2v) is 6.14. The van der Waals surface area contributed by atoms with Crippen LogP contribution in [0.4, 0.5) is 15.8 Å². The molecular formula is C19H20FN3O2. The molecule has 0 saturated heterocycles. The number of nitrogens with zero attached hydrogens (tertiary/aromatic N) is 1. The molecule has 0 saturated carbocycles. The van der Waals surface area contributed by atoms with Crippen molar-refractivity contribution in [2.75, 3.05) is 16.8 Å². The van der Waals surface area contributed by atoms with Gasteiger partial charge in [0, 0.05) is 23.5 Å². The molecule has 0 aromatic heterocycles. The number of nitrogens with two attached hydrogens (primary N) is 1. The van der Waals surface area contributed by atoms with Gasteiger partial charge < -0.3 is 16.0 Å². The van der Waals surface area contributed by atoms with Gasteiger partial charge in [0.15, 0.2) is 0 Å². The molecule has 2 aromatic rings. The predicted molar refractivity (Wildman–Crippen MR) is 95.1 cm³/mol. The number of anilines is 2. The molecule has 5 nitrogen and oxygen atoms in total. The van der Waals surface area contributed by atoms with Crippen LogP contribution in [0.2, 0.25) is 0 Å². The lowest BCUT2D eigenvalue weighted by Gasteiger charge is -2.35. The Hall–Kier alpha value is -2.89. The highest BCUT2D eigenvalue weighted by molar-refractivity contribution is 6.05. The van der Waals surface area contributed by atoms with Gasteiger partial charge in [0.05, 0.1) is 0 Å². The topological polar surface area (TPSA) is 75.4 Å². The summed E-state index contributed by atoms with van der Waals surface area (Å²) in [5, 5.41) is 2.89. The van der Waals surface area contributed by atoms with Gasteiger partial charge in [-0.25, -0.2) is 4.39 Å². The van der Waals surface area contributed by atoms with Crippen LogP contribution in [-0.2, 0) is 11.2 Å². The van der Waals surface area contributed by atoms with Crippen LogP contribution in [0.25, 0.3) is 0 Å². The van der Waals surface area contributed by atoms with E-state index in [9.17, 15) is 14.0 Å². The summed E-state index contributed by atoms with van der Waals surface area (Å²) in [4.78, 5) is 25.9. The fourth-order valence-corrected chi connectivity index (χ4v) is 3.12. The van der Waals surface area contributed by atoms with Crippen molar-refractivity contribution >= 4 is 23.2 Å². The van der Waals surface area contributed by atoms with Crippen LogP contribution < -0.4 is 16.0 Å². The van der Waals surface area contributed by atoms with Crippen LogP contribution in [-0.4, -0.2) is 24.4 Å². The molecule has 1 heterocycles. The number of fused-ring (bicyclic) bond motifs is 1. The van der Waals surface area contributed by atoms with Crippen molar-refractivity contribution in [2.24, 2.45) is 5.73 Å². The minimum atomic E-state index is -0.415. The second kappa shape index (κ2) is 6.93. The van der Waals surface area contributed by atoms with Crippen molar-refractivity contribution in [3.05, 3.63) is 59.4 Å². The lowest BCUT2D eigenvalue weighted by atomic mass is 9.98. The first kappa shape index (κ1) is 17.0. The van der Waals surface area contributed by atoms with Crippen LogP contribution in [0.3, 0.4) is 0 Å². The number of halogens is 1. The zero-order chi connectivity index (χ0) is 18.0. The molecule has 0 unspecified atom stereocenters. The average molecular weight is 341 g/mol. The molecule has 0 radical (unpaired) electrons. The Kier molecular flexibility index (Phi) is 4.70. The summed E-state index contributed by atoms with van der Waals surface area (Å²) in [6.45, 7) is 2.52. The van der Waals surface area contributed by atoms with Gasteiger partial charge in [-0.1, -0.05) is 6.07 Å². The molecule has 0 bridgehead atoms. The van der Waals surface area contributed by atoms with Crippen molar-refractivity contribution < 1.29 is 14.0 Å². The van der Waals surface area contributed by atoms with E-state index in [1.54, 1.807) is 6.92 Å². The highest BCUT2D eigenvalue weighted by Crippen LogP contribution is 2.34. The third-order valence-corrected chi connectivity index (χ3v) is 4.52. The number of rotatable bonds is 4. The molecule has 3 rings (SSSR count). The third-order valence-electron chi connectivity index (χ3n) is 4.52. The Balaban J connectivity index is 1.88. The van der Waals surface area contributed by atoms with E-state index < -0.39 is 6.04 Å². The fraction of sp³-hybridized carbons (Fsp3) is 0.263. The Morgan fingerprint density at radius 3 is 2.60 bits per heavy atom. The molecule has 25 heavy (non-hydrogen) atoms. The van der Waals surface area contributed by atoms with E-state index >= 15 is 0 Å². The average Bonchev–Trinajstić information content (AvgIpc) is 2.61. The van der Waals surface area contributed by atoms with E-state index in [1.807, 2.05) is 23.1 Å². The molecule has 1 aliphatic heterocycles. The molecule has 6 heteroatoms. The van der Waals surface area contributed by atoms with Crippen molar-refractivity contribution in [3.8, 4) is 0 Å². The quantitative estimate of drug-likeness (QED) is 0.898. The van der Waals surface area contributed by atoms with Crippen LogP contribution in [0.15, 0.2) is 42.5 Å². The number of hydrogen-bond acceptors (Lipinski definition) is 3. The number of amides is 2. The summed E-state index contributed by atoms with van der Waals surface area (Å²) in [7, 11) is 0. The van der Waals surface area contributed by atoms with Gasteiger partial charge >= 0.3 is 0 Å². The maximum Gasteiger partial charge on any atom is 0.255 e. The minimum absolute atomic E-state index is 0.298. The van der Waals surface area contributed by atoms with Crippen molar-refractivity contribution in [2.45, 2.75) is 25.8 Å². The lowest BCUT2D eigenvalue weighted by Crippen LogP contribution is -2.45. The van der Waals surface area contributed by atoms with Crippen molar-refractivity contribution in [1.29, 1.82) is 0 Å². The number of carbonyl (C=O) groups is 2. The van der Waals surface area contributed by atoms with E-state index in [2.05, 4.69) is 5.32 Å². The zero-order valence-corrected chi connectivity index (χ0v) is 14.0. The summed E-state index contributed by atoms with van der Waals surface area (Å²) in [5.74, 6) is -1.06. The van der Waals surface area contributed by atoms with Crippen LogP contribution in [0.5, 0.6) is 0 Å². The monoisotopic (exact) mass is 341 g/mol. The number of benzene rings is 2. The largest absolute Gasteiger partial charge is 0.368 e. The van der Waals surface area contributed by atoms with E-state index in [1.165, 1.54) is 24.3 Å². The molecule has 1 aliphatic rings. The van der Waals surface area contributed by atoms with E-state index in [0.29, 0.717) is 11.3 Å². The molecule has 2 aromatic carbocycles. The molecule has 2 amide bonds. The van der Waals surface area contributed by atoms with Crippen LogP contribution >= 0.6 is 0 Å². The van der Waals surface area contributed by atoms with Gasteiger partial charge in [-0.05, 0) is 61.7 Å².